The van der Waals surface area contributed by atoms with Gasteiger partial charge >= 0.3 is 0 Å². The van der Waals surface area contributed by atoms with Gasteiger partial charge in [0.05, 0.1) is 24.6 Å². The Morgan fingerprint density at radius 2 is 0.545 bits per heavy atom. The number of rotatable bonds is 24. The van der Waals surface area contributed by atoms with E-state index in [-0.39, 0.29) is 0 Å². The summed E-state index contributed by atoms with van der Waals surface area (Å²) in [5.41, 5.74) is 0. The molecule has 0 aliphatic heterocycles. The Balaban J connectivity index is 5.01. The van der Waals surface area contributed by atoms with Gasteiger partial charge in [0.1, 0.15) is 0 Å². The molecule has 0 saturated carbocycles. The average Bonchev–Trinajstić information content (AvgIpc) is 2.83. The summed E-state index contributed by atoms with van der Waals surface area (Å²) in [6.45, 7) is 9.11. The normalized spacial score (nSPS) is 14.4. The van der Waals surface area contributed by atoms with Crippen LogP contribution in [0.1, 0.15) is 130 Å². The van der Waals surface area contributed by atoms with Crippen LogP contribution < -0.4 is 0 Å². The van der Waals surface area contributed by atoms with E-state index in [0.717, 1.165) is 0 Å². The van der Waals surface area contributed by atoms with E-state index < -0.39 is 7.26 Å². The Labute approximate surface area is 210 Å². The SMILES string of the molecule is CCCC=CCCC[P+](CCCC=CCCC)(CCCC=CCCC)CCCC=CCCC. The smallest absolute Gasteiger partial charge is 0.0597 e. The van der Waals surface area contributed by atoms with E-state index in [4.69, 9.17) is 0 Å². The maximum atomic E-state index is 2.46. The van der Waals surface area contributed by atoms with Crippen LogP contribution in [0.4, 0.5) is 0 Å². The second kappa shape index (κ2) is 26.0. The van der Waals surface area contributed by atoms with Crippen molar-refractivity contribution in [3.63, 3.8) is 0 Å². The lowest BCUT2D eigenvalue weighted by molar-refractivity contribution is 0.859. The summed E-state index contributed by atoms with van der Waals surface area (Å²) >= 11 is 0. The number of hydrogen-bond acceptors (Lipinski definition) is 0. The van der Waals surface area contributed by atoms with Gasteiger partial charge in [-0.15, -0.1) is 0 Å². The fourth-order valence-electron chi connectivity index (χ4n) is 4.46. The molecule has 0 atom stereocenters. The zero-order chi connectivity index (χ0) is 24.3. The van der Waals surface area contributed by atoms with E-state index in [1.54, 1.807) is 0 Å². The molecule has 0 aromatic rings. The van der Waals surface area contributed by atoms with E-state index in [1.807, 2.05) is 0 Å². The third-order valence-electron chi connectivity index (χ3n) is 6.50. The lowest BCUT2D eigenvalue weighted by atomic mass is 10.2. The van der Waals surface area contributed by atoms with Gasteiger partial charge in [-0.1, -0.05) is 102 Å². The summed E-state index contributed by atoms with van der Waals surface area (Å²) in [6, 6.07) is 0. The van der Waals surface area contributed by atoms with Crippen LogP contribution in [0.15, 0.2) is 48.6 Å². The summed E-state index contributed by atoms with van der Waals surface area (Å²) in [5, 5.41) is 0. The number of unbranched alkanes of at least 4 members (excludes halogenated alkanes) is 8. The van der Waals surface area contributed by atoms with E-state index in [1.165, 1.54) is 127 Å². The molecule has 0 amide bonds. The third-order valence-corrected chi connectivity index (χ3v) is 11.6. The molecule has 33 heavy (non-hydrogen) atoms. The summed E-state index contributed by atoms with van der Waals surface area (Å²) in [5.74, 6) is 0. The lowest BCUT2D eigenvalue weighted by Crippen LogP contribution is -2.13. The third kappa shape index (κ3) is 21.6. The number of allylic oxidation sites excluding steroid dienone is 8. The first-order chi connectivity index (χ1) is 16.2. The van der Waals surface area contributed by atoms with E-state index in [9.17, 15) is 0 Å². The molecule has 0 heterocycles. The van der Waals surface area contributed by atoms with Gasteiger partial charge in [0.15, 0.2) is 0 Å². The van der Waals surface area contributed by atoms with Gasteiger partial charge in [-0.3, -0.25) is 0 Å². The van der Waals surface area contributed by atoms with Gasteiger partial charge in [0.2, 0.25) is 0 Å². The minimum absolute atomic E-state index is 0.854. The predicted octanol–water partition coefficient (Wildman–Crippen LogP) is 11.5. The molecule has 0 spiro atoms. The first-order valence-electron chi connectivity index (χ1n) is 14.7. The first-order valence-corrected chi connectivity index (χ1v) is 17.2. The molecular formula is C32H60P+. The zero-order valence-electron chi connectivity index (χ0n) is 23.2. The zero-order valence-corrected chi connectivity index (χ0v) is 24.1. The van der Waals surface area contributed by atoms with Crippen molar-refractivity contribution < 1.29 is 0 Å². The van der Waals surface area contributed by atoms with Crippen molar-refractivity contribution in [3.05, 3.63) is 48.6 Å². The molecular weight excluding hydrogens is 415 g/mol. The molecule has 0 nitrogen and oxygen atoms in total. The minimum atomic E-state index is -0.854. The fraction of sp³-hybridized carbons (Fsp3) is 0.750. The Morgan fingerprint density at radius 1 is 0.333 bits per heavy atom. The van der Waals surface area contributed by atoms with Gasteiger partial charge in [-0.05, 0) is 77.0 Å². The van der Waals surface area contributed by atoms with Gasteiger partial charge in [0.25, 0.3) is 0 Å². The van der Waals surface area contributed by atoms with Crippen LogP contribution in [0.3, 0.4) is 0 Å². The van der Waals surface area contributed by atoms with Crippen LogP contribution in [0.5, 0.6) is 0 Å². The molecule has 1 heteroatoms. The minimum Gasteiger partial charge on any atom is -0.0885 e. The lowest BCUT2D eigenvalue weighted by Gasteiger charge is -2.28. The molecule has 0 aliphatic carbocycles. The predicted molar refractivity (Wildman–Crippen MR) is 160 cm³/mol. The van der Waals surface area contributed by atoms with E-state index in [0.29, 0.717) is 0 Å². The highest BCUT2D eigenvalue weighted by Crippen LogP contribution is 2.61. The standard InChI is InChI=1S/C32H60P/c1-5-9-13-17-21-25-29-33(30-26-22-18-14-10-6-2,31-27-23-19-15-11-7-3)32-28-24-20-16-12-8-4/h13-20H,5-12,21-32H2,1-4H3/q+1. The molecule has 0 bridgehead atoms. The summed E-state index contributed by atoms with van der Waals surface area (Å²) < 4.78 is 0. The second-order valence-corrected chi connectivity index (χ2v) is 14.3. The molecule has 0 rings (SSSR count). The largest absolute Gasteiger partial charge is 0.0885 e. The van der Waals surface area contributed by atoms with Crippen LogP contribution in [-0.2, 0) is 0 Å². The van der Waals surface area contributed by atoms with Crippen LogP contribution in [0.25, 0.3) is 0 Å². The fourth-order valence-corrected chi connectivity index (χ4v) is 9.21. The Morgan fingerprint density at radius 3 is 0.758 bits per heavy atom. The van der Waals surface area contributed by atoms with Gasteiger partial charge < -0.3 is 0 Å². The van der Waals surface area contributed by atoms with Crippen LogP contribution in [0, 0.1) is 0 Å². The Kier molecular flexibility index (Phi) is 25.5. The van der Waals surface area contributed by atoms with Crippen molar-refractivity contribution >= 4 is 7.26 Å². The van der Waals surface area contributed by atoms with Crippen molar-refractivity contribution in [2.45, 2.75) is 130 Å². The molecule has 0 aromatic carbocycles. The van der Waals surface area contributed by atoms with Crippen molar-refractivity contribution in [1.82, 2.24) is 0 Å². The summed E-state index contributed by atoms with van der Waals surface area (Å²) in [6.07, 6.45) is 46.5. The molecule has 0 aromatic heterocycles. The highest BCUT2D eigenvalue weighted by Gasteiger charge is 2.34. The molecule has 0 N–H and O–H groups in total. The van der Waals surface area contributed by atoms with Crippen LogP contribution in [-0.4, -0.2) is 24.6 Å². The first kappa shape index (κ1) is 32.4. The Bertz CT molecular complexity index is 403. The van der Waals surface area contributed by atoms with Crippen molar-refractivity contribution in [2.75, 3.05) is 24.6 Å². The quantitative estimate of drug-likeness (QED) is 0.0739. The van der Waals surface area contributed by atoms with Gasteiger partial charge in [-0.25, -0.2) is 0 Å². The average molecular weight is 476 g/mol. The van der Waals surface area contributed by atoms with Crippen LogP contribution >= 0.6 is 7.26 Å². The Hall–Kier alpha value is -0.610. The van der Waals surface area contributed by atoms with Crippen molar-refractivity contribution in [2.24, 2.45) is 0 Å². The van der Waals surface area contributed by atoms with E-state index in [2.05, 4.69) is 76.3 Å². The molecule has 0 saturated heterocycles. The topological polar surface area (TPSA) is 0 Å². The van der Waals surface area contributed by atoms with Gasteiger partial charge in [0, 0.05) is 7.26 Å². The second-order valence-electron chi connectivity index (χ2n) is 9.85. The summed E-state index contributed by atoms with van der Waals surface area (Å²) in [4.78, 5) is 0. The monoisotopic (exact) mass is 475 g/mol. The number of hydrogen-bond donors (Lipinski definition) is 0. The van der Waals surface area contributed by atoms with Crippen LogP contribution in [0.2, 0.25) is 0 Å². The molecule has 0 radical (unpaired) electrons. The van der Waals surface area contributed by atoms with Crippen molar-refractivity contribution in [1.29, 1.82) is 0 Å². The van der Waals surface area contributed by atoms with E-state index >= 15 is 0 Å². The molecule has 0 unspecified atom stereocenters. The molecule has 192 valence electrons. The molecule has 0 fully saturated rings. The van der Waals surface area contributed by atoms with Gasteiger partial charge in [-0.2, -0.15) is 0 Å². The summed E-state index contributed by atoms with van der Waals surface area (Å²) in [7, 11) is -0.854. The maximum Gasteiger partial charge on any atom is 0.0597 e. The maximum absolute atomic E-state index is 2.46. The highest BCUT2D eigenvalue weighted by atomic mass is 31.2. The highest BCUT2D eigenvalue weighted by molar-refractivity contribution is 7.75. The molecule has 0 aliphatic rings. The van der Waals surface area contributed by atoms with Crippen molar-refractivity contribution in [3.8, 4) is 0 Å².